The van der Waals surface area contributed by atoms with Gasteiger partial charge < -0.3 is 15.4 Å². The van der Waals surface area contributed by atoms with Crippen LogP contribution >= 0.6 is 0 Å². The number of alkyl halides is 4. The summed E-state index contributed by atoms with van der Waals surface area (Å²) < 4.78 is 80.3. The Bertz CT molecular complexity index is 1430. The number of hydrogen-bond donors (Lipinski definition) is 3. The molecule has 0 bridgehead atoms. The second-order valence-corrected chi connectivity index (χ2v) is 12.3. The van der Waals surface area contributed by atoms with Crippen molar-refractivity contribution in [1.29, 1.82) is 0 Å². The average Bonchev–Trinajstić information content (AvgIpc) is 2.87. The van der Waals surface area contributed by atoms with Gasteiger partial charge in [0, 0.05) is 46.1 Å². The summed E-state index contributed by atoms with van der Waals surface area (Å²) in [4.78, 5) is 13.7. The number of nitrogens with zero attached hydrogens (tertiary/aromatic N) is 3. The molecule has 1 aliphatic rings. The summed E-state index contributed by atoms with van der Waals surface area (Å²) in [6.07, 6.45) is -3.54. The number of aromatic nitrogens is 3. The van der Waals surface area contributed by atoms with E-state index in [9.17, 15) is 26.2 Å². The van der Waals surface area contributed by atoms with Crippen molar-refractivity contribution < 1.29 is 26.2 Å². The molecule has 0 amide bonds. The van der Waals surface area contributed by atoms with Crippen LogP contribution in [0.1, 0.15) is 38.2 Å². The molecule has 3 atom stereocenters. The van der Waals surface area contributed by atoms with Crippen LogP contribution in [-0.2, 0) is 9.71 Å². The van der Waals surface area contributed by atoms with Crippen molar-refractivity contribution in [2.24, 2.45) is 5.92 Å². The van der Waals surface area contributed by atoms with Crippen LogP contribution in [0.15, 0.2) is 30.5 Å². The highest BCUT2D eigenvalue weighted by Gasteiger charge is 2.28. The van der Waals surface area contributed by atoms with Gasteiger partial charge in [-0.25, -0.2) is 23.6 Å². The molecular weight excluding hydrogens is 539 g/mol. The number of anilines is 2. The minimum Gasteiger partial charge on any atom is -0.350 e. The zero-order chi connectivity index (χ0) is 28.4. The Kier molecular flexibility index (Phi) is 8.60. The Morgan fingerprint density at radius 3 is 2.64 bits per heavy atom. The van der Waals surface area contributed by atoms with Gasteiger partial charge in [0.1, 0.15) is 11.3 Å². The van der Waals surface area contributed by atoms with E-state index in [1.165, 1.54) is 18.2 Å². The van der Waals surface area contributed by atoms with Gasteiger partial charge in [0.15, 0.2) is 0 Å². The molecule has 1 aliphatic heterocycles. The third kappa shape index (κ3) is 7.53. The summed E-state index contributed by atoms with van der Waals surface area (Å²) in [5.41, 5.74) is 2.66. The van der Waals surface area contributed by atoms with Crippen LogP contribution in [-0.4, -0.2) is 62.8 Å². The molecule has 1 unspecified atom stereocenters. The highest BCUT2D eigenvalue weighted by Crippen LogP contribution is 2.31. The number of benzene rings is 1. The zero-order valence-corrected chi connectivity index (χ0v) is 22.4. The molecule has 3 N–H and O–H groups in total. The fourth-order valence-electron chi connectivity index (χ4n) is 4.43. The summed E-state index contributed by atoms with van der Waals surface area (Å²) in [7, 11) is -3.40. The van der Waals surface area contributed by atoms with Crippen LogP contribution in [0.5, 0.6) is 0 Å². The van der Waals surface area contributed by atoms with E-state index in [2.05, 4.69) is 36.2 Å². The molecule has 212 valence electrons. The second-order valence-electron chi connectivity index (χ2n) is 10.1. The largest absolute Gasteiger partial charge is 0.390 e. The minimum atomic E-state index is -4.49. The zero-order valence-electron chi connectivity index (χ0n) is 21.6. The predicted octanol–water partition coefficient (Wildman–Crippen LogP) is 5.31. The maximum absolute atomic E-state index is 14.9. The Morgan fingerprint density at radius 2 is 1.97 bits per heavy atom. The Balaban J connectivity index is 1.59. The molecule has 2 aromatic heterocycles. The fourth-order valence-corrected chi connectivity index (χ4v) is 5.66. The van der Waals surface area contributed by atoms with Crippen LogP contribution in [0.25, 0.3) is 22.3 Å². The van der Waals surface area contributed by atoms with Crippen molar-refractivity contribution in [3.63, 3.8) is 0 Å². The van der Waals surface area contributed by atoms with E-state index in [0.29, 0.717) is 47.7 Å². The summed E-state index contributed by atoms with van der Waals surface area (Å²) in [5.74, 6) is 2.13. The van der Waals surface area contributed by atoms with E-state index in [4.69, 9.17) is 0 Å². The van der Waals surface area contributed by atoms with Crippen LogP contribution < -0.4 is 15.4 Å². The highest BCUT2D eigenvalue weighted by molar-refractivity contribution is 8.01. The van der Waals surface area contributed by atoms with Gasteiger partial charge in [0.05, 0.1) is 36.2 Å². The van der Waals surface area contributed by atoms with E-state index in [1.54, 1.807) is 12.3 Å². The third-order valence-electron chi connectivity index (χ3n) is 6.47. The SMILES string of the molecule is C=S(=O)(CCC(F)(F)F)Nc1ccc(-c2cc(C(C)C)c3nc(N[C@@H]4CNC[C@@H](CF)C4)ncc3n2)cc1F. The smallest absolute Gasteiger partial charge is 0.350 e. The van der Waals surface area contributed by atoms with Gasteiger partial charge in [-0.3, -0.25) is 4.39 Å². The molecule has 3 aromatic rings. The number of piperidine rings is 1. The molecule has 1 fully saturated rings. The quantitative estimate of drug-likeness (QED) is 0.239. The standard InChI is InChI=1S/C26H31F5N6OS/c1-15(2)19-10-22(17-4-5-21(20(28)9-17)37-39(3,38)7-6-26(29,30)31)35-23-14-33-25(36-24(19)23)34-18-8-16(11-27)12-32-13-18/h4-5,9-10,14-16,18,32H,3,6-8,11-13H2,1-2H3,(H,37,38)(H,33,34,36)/t16-,18+,39?/m1/s1. The Morgan fingerprint density at radius 1 is 1.21 bits per heavy atom. The molecule has 0 radical (unpaired) electrons. The number of rotatable bonds is 9. The van der Waals surface area contributed by atoms with Gasteiger partial charge in [-0.2, -0.15) is 13.2 Å². The molecule has 7 nitrogen and oxygen atoms in total. The van der Waals surface area contributed by atoms with Crippen molar-refractivity contribution in [2.45, 2.75) is 44.8 Å². The lowest BCUT2D eigenvalue weighted by molar-refractivity contribution is -0.129. The van der Waals surface area contributed by atoms with E-state index in [0.717, 1.165) is 5.56 Å². The summed E-state index contributed by atoms with van der Waals surface area (Å²) in [5, 5.41) is 6.48. The van der Waals surface area contributed by atoms with Crippen LogP contribution in [0, 0.1) is 11.7 Å². The molecule has 0 spiro atoms. The molecule has 1 saturated heterocycles. The van der Waals surface area contributed by atoms with Gasteiger partial charge in [0.25, 0.3) is 0 Å². The predicted molar refractivity (Wildman–Crippen MR) is 146 cm³/mol. The van der Waals surface area contributed by atoms with Gasteiger partial charge in [-0.15, -0.1) is 0 Å². The highest BCUT2D eigenvalue weighted by atomic mass is 32.2. The van der Waals surface area contributed by atoms with E-state index in [1.807, 2.05) is 13.8 Å². The topological polar surface area (TPSA) is 91.8 Å². The molecule has 39 heavy (non-hydrogen) atoms. The van der Waals surface area contributed by atoms with Crippen molar-refractivity contribution in [1.82, 2.24) is 20.3 Å². The third-order valence-corrected chi connectivity index (χ3v) is 7.92. The van der Waals surface area contributed by atoms with E-state index < -0.39 is 40.5 Å². The van der Waals surface area contributed by atoms with E-state index in [-0.39, 0.29) is 23.6 Å². The molecule has 4 rings (SSSR count). The normalized spacial score (nSPS) is 19.7. The molecule has 0 saturated carbocycles. The first kappa shape index (κ1) is 28.9. The number of nitrogens with one attached hydrogen (secondary N) is 3. The maximum atomic E-state index is 14.9. The molecule has 1 aromatic carbocycles. The summed E-state index contributed by atoms with van der Waals surface area (Å²) >= 11 is 0. The van der Waals surface area contributed by atoms with Gasteiger partial charge in [0.2, 0.25) is 5.95 Å². The van der Waals surface area contributed by atoms with Crippen molar-refractivity contribution >= 4 is 38.2 Å². The number of hydrogen-bond acceptors (Lipinski definition) is 6. The van der Waals surface area contributed by atoms with E-state index >= 15 is 0 Å². The summed E-state index contributed by atoms with van der Waals surface area (Å²) in [6.45, 7) is 4.90. The van der Waals surface area contributed by atoms with Crippen LogP contribution in [0.2, 0.25) is 0 Å². The first-order valence-electron chi connectivity index (χ1n) is 12.5. The van der Waals surface area contributed by atoms with Gasteiger partial charge in [-0.05, 0) is 42.0 Å². The number of fused-ring (bicyclic) bond motifs is 1. The lowest BCUT2D eigenvalue weighted by atomic mass is 9.97. The van der Waals surface area contributed by atoms with Crippen LogP contribution in [0.3, 0.4) is 0 Å². The average molecular weight is 571 g/mol. The number of pyridine rings is 1. The van der Waals surface area contributed by atoms with Crippen LogP contribution in [0.4, 0.5) is 33.6 Å². The first-order chi connectivity index (χ1) is 18.3. The number of halogens is 5. The molecule has 0 aliphatic carbocycles. The second kappa shape index (κ2) is 11.6. The first-order valence-corrected chi connectivity index (χ1v) is 14.4. The molecule has 3 heterocycles. The molecule has 13 heteroatoms. The van der Waals surface area contributed by atoms with Crippen molar-refractivity contribution in [3.05, 3.63) is 41.8 Å². The molecular formula is C26H31F5N6OS. The lowest BCUT2D eigenvalue weighted by Gasteiger charge is -2.29. The van der Waals surface area contributed by atoms with Gasteiger partial charge in [-0.1, -0.05) is 19.9 Å². The lowest BCUT2D eigenvalue weighted by Crippen LogP contribution is -2.44. The monoisotopic (exact) mass is 570 g/mol. The van der Waals surface area contributed by atoms with Crippen molar-refractivity contribution in [2.75, 3.05) is 35.6 Å². The fraction of sp³-hybridized carbons (Fsp3) is 0.462. The minimum absolute atomic E-state index is 0.0109. The Hall–Kier alpha value is -3.06. The maximum Gasteiger partial charge on any atom is 0.390 e. The van der Waals surface area contributed by atoms with Crippen molar-refractivity contribution in [3.8, 4) is 11.3 Å². The Labute approximate surface area is 224 Å². The van der Waals surface area contributed by atoms with Gasteiger partial charge >= 0.3 is 6.18 Å². The summed E-state index contributed by atoms with van der Waals surface area (Å²) in [6, 6.07) is 5.81.